The Hall–Kier alpha value is -1.88. The molecule has 128 valence electrons. The van der Waals surface area contributed by atoms with Crippen LogP contribution in [0, 0.1) is 5.92 Å². The molecule has 5 nitrogen and oxygen atoms in total. The highest BCUT2D eigenvalue weighted by Gasteiger charge is 2.23. The zero-order valence-corrected chi connectivity index (χ0v) is 14.6. The predicted molar refractivity (Wildman–Crippen MR) is 92.7 cm³/mol. The highest BCUT2D eigenvalue weighted by atomic mass is 16.4. The fourth-order valence-corrected chi connectivity index (χ4v) is 2.23. The molecule has 5 heteroatoms. The maximum absolute atomic E-state index is 12.0. The van der Waals surface area contributed by atoms with Crippen LogP contribution >= 0.6 is 0 Å². The monoisotopic (exact) mass is 320 g/mol. The van der Waals surface area contributed by atoms with Crippen LogP contribution in [-0.4, -0.2) is 29.6 Å². The standard InChI is InChI=1S/C18H28N2O3/c1-6-12(2)16(17(22)23)19-11-15(21)20-14-9-7-13(8-10-14)18(3,4)5/h7-10,12,16,19H,6,11H2,1-5H3,(H,20,21)(H,22,23)/t12-,16-/m0/s1. The summed E-state index contributed by atoms with van der Waals surface area (Å²) in [5.41, 5.74) is 1.96. The van der Waals surface area contributed by atoms with E-state index in [1.54, 1.807) is 0 Å². The van der Waals surface area contributed by atoms with Crippen LogP contribution in [0.4, 0.5) is 5.69 Å². The zero-order chi connectivity index (χ0) is 17.6. The Morgan fingerprint density at radius 3 is 2.17 bits per heavy atom. The SMILES string of the molecule is CC[C@H](C)[C@H](NCC(=O)Nc1ccc(C(C)(C)C)cc1)C(=O)O. The van der Waals surface area contributed by atoms with Gasteiger partial charge in [0.2, 0.25) is 5.91 Å². The molecule has 0 fully saturated rings. The molecule has 1 amide bonds. The molecule has 3 N–H and O–H groups in total. The van der Waals surface area contributed by atoms with E-state index in [-0.39, 0.29) is 23.8 Å². The Labute approximate surface area is 138 Å². The van der Waals surface area contributed by atoms with Gasteiger partial charge in [-0.05, 0) is 29.0 Å². The van der Waals surface area contributed by atoms with Crippen LogP contribution in [0.3, 0.4) is 0 Å². The predicted octanol–water partition coefficient (Wildman–Crippen LogP) is 3.01. The van der Waals surface area contributed by atoms with Crippen molar-refractivity contribution in [1.82, 2.24) is 5.32 Å². The van der Waals surface area contributed by atoms with Gasteiger partial charge in [-0.2, -0.15) is 0 Å². The van der Waals surface area contributed by atoms with Crippen molar-refractivity contribution in [3.05, 3.63) is 29.8 Å². The Morgan fingerprint density at radius 1 is 1.17 bits per heavy atom. The number of carbonyl (C=O) groups excluding carboxylic acids is 1. The van der Waals surface area contributed by atoms with Crippen molar-refractivity contribution >= 4 is 17.6 Å². The number of carbonyl (C=O) groups is 2. The molecule has 0 saturated heterocycles. The third-order valence-electron chi connectivity index (χ3n) is 4.00. The molecule has 0 aliphatic heterocycles. The number of hydrogen-bond donors (Lipinski definition) is 3. The number of nitrogens with one attached hydrogen (secondary N) is 2. The number of hydrogen-bond acceptors (Lipinski definition) is 3. The molecule has 0 aliphatic rings. The Morgan fingerprint density at radius 2 is 1.74 bits per heavy atom. The summed E-state index contributed by atoms with van der Waals surface area (Å²) < 4.78 is 0. The molecule has 23 heavy (non-hydrogen) atoms. The summed E-state index contributed by atoms with van der Waals surface area (Å²) >= 11 is 0. The highest BCUT2D eigenvalue weighted by molar-refractivity contribution is 5.92. The first-order chi connectivity index (χ1) is 10.6. The van der Waals surface area contributed by atoms with E-state index < -0.39 is 12.0 Å². The van der Waals surface area contributed by atoms with Gasteiger partial charge >= 0.3 is 5.97 Å². The van der Waals surface area contributed by atoms with Crippen molar-refractivity contribution < 1.29 is 14.7 Å². The molecule has 1 aromatic carbocycles. The fraction of sp³-hybridized carbons (Fsp3) is 0.556. The summed E-state index contributed by atoms with van der Waals surface area (Å²) in [6.07, 6.45) is 0.736. The topological polar surface area (TPSA) is 78.4 Å². The summed E-state index contributed by atoms with van der Waals surface area (Å²) in [7, 11) is 0. The maximum atomic E-state index is 12.0. The van der Waals surface area contributed by atoms with Crippen molar-refractivity contribution in [2.75, 3.05) is 11.9 Å². The number of anilines is 1. The average molecular weight is 320 g/mol. The van der Waals surface area contributed by atoms with E-state index in [9.17, 15) is 14.7 Å². The molecule has 1 aromatic rings. The lowest BCUT2D eigenvalue weighted by atomic mass is 9.87. The smallest absolute Gasteiger partial charge is 0.320 e. The van der Waals surface area contributed by atoms with E-state index in [0.29, 0.717) is 5.69 Å². The van der Waals surface area contributed by atoms with Gasteiger partial charge in [0.15, 0.2) is 0 Å². The fourth-order valence-electron chi connectivity index (χ4n) is 2.23. The average Bonchev–Trinajstić information content (AvgIpc) is 2.46. The van der Waals surface area contributed by atoms with Gasteiger partial charge in [-0.15, -0.1) is 0 Å². The van der Waals surface area contributed by atoms with E-state index in [2.05, 4.69) is 31.4 Å². The second-order valence-electron chi connectivity index (χ2n) is 6.96. The number of rotatable bonds is 7. The first kappa shape index (κ1) is 19.2. The van der Waals surface area contributed by atoms with Gasteiger partial charge in [-0.3, -0.25) is 14.9 Å². The number of carboxylic acid groups (broad SMARTS) is 1. The third-order valence-corrected chi connectivity index (χ3v) is 4.00. The minimum atomic E-state index is -0.929. The van der Waals surface area contributed by atoms with Gasteiger partial charge in [0.05, 0.1) is 6.54 Å². The highest BCUT2D eigenvalue weighted by Crippen LogP contribution is 2.23. The van der Waals surface area contributed by atoms with E-state index in [0.717, 1.165) is 6.42 Å². The molecule has 0 aliphatic carbocycles. The first-order valence-electron chi connectivity index (χ1n) is 8.01. The Bertz CT molecular complexity index is 532. The molecule has 0 spiro atoms. The summed E-state index contributed by atoms with van der Waals surface area (Å²) in [6.45, 7) is 10.2. The molecule has 0 bridgehead atoms. The quantitative estimate of drug-likeness (QED) is 0.721. The van der Waals surface area contributed by atoms with Crippen LogP contribution in [0.15, 0.2) is 24.3 Å². The number of benzene rings is 1. The van der Waals surface area contributed by atoms with E-state index in [1.807, 2.05) is 38.1 Å². The third kappa shape index (κ3) is 6.02. The Balaban J connectivity index is 2.58. The normalized spacial score (nSPS) is 14.1. The van der Waals surface area contributed by atoms with Crippen LogP contribution in [-0.2, 0) is 15.0 Å². The van der Waals surface area contributed by atoms with Gasteiger partial charge in [0, 0.05) is 5.69 Å². The van der Waals surface area contributed by atoms with Gasteiger partial charge < -0.3 is 10.4 Å². The molecule has 0 heterocycles. The molecule has 2 atom stereocenters. The molecular formula is C18H28N2O3. The Kier molecular flexibility index (Phi) is 6.76. The van der Waals surface area contributed by atoms with Crippen LogP contribution < -0.4 is 10.6 Å². The molecule has 0 saturated carbocycles. The lowest BCUT2D eigenvalue weighted by molar-refractivity contribution is -0.140. The van der Waals surface area contributed by atoms with Crippen molar-refractivity contribution in [2.24, 2.45) is 5.92 Å². The molecular weight excluding hydrogens is 292 g/mol. The summed E-state index contributed by atoms with van der Waals surface area (Å²) in [5.74, 6) is -1.21. The zero-order valence-electron chi connectivity index (χ0n) is 14.6. The van der Waals surface area contributed by atoms with E-state index in [4.69, 9.17) is 0 Å². The molecule has 1 rings (SSSR count). The first-order valence-corrected chi connectivity index (χ1v) is 8.01. The minimum absolute atomic E-state index is 0.0255. The minimum Gasteiger partial charge on any atom is -0.480 e. The number of carboxylic acids is 1. The molecule has 0 aromatic heterocycles. The molecule has 0 radical (unpaired) electrons. The largest absolute Gasteiger partial charge is 0.480 e. The van der Waals surface area contributed by atoms with Crippen molar-refractivity contribution in [2.45, 2.75) is 52.5 Å². The molecule has 0 unspecified atom stereocenters. The second-order valence-corrected chi connectivity index (χ2v) is 6.96. The lowest BCUT2D eigenvalue weighted by Gasteiger charge is -2.20. The van der Waals surface area contributed by atoms with Crippen LogP contribution in [0.5, 0.6) is 0 Å². The van der Waals surface area contributed by atoms with Gasteiger partial charge in [0.1, 0.15) is 6.04 Å². The lowest BCUT2D eigenvalue weighted by Crippen LogP contribution is -2.45. The number of aliphatic carboxylic acids is 1. The van der Waals surface area contributed by atoms with Gasteiger partial charge in [-0.25, -0.2) is 0 Å². The summed E-state index contributed by atoms with van der Waals surface area (Å²) in [5, 5.41) is 14.8. The van der Waals surface area contributed by atoms with Crippen molar-refractivity contribution in [3.8, 4) is 0 Å². The maximum Gasteiger partial charge on any atom is 0.320 e. The van der Waals surface area contributed by atoms with Crippen LogP contribution in [0.2, 0.25) is 0 Å². The summed E-state index contributed by atoms with van der Waals surface area (Å²) in [6, 6.07) is 6.99. The van der Waals surface area contributed by atoms with Gasteiger partial charge in [-0.1, -0.05) is 53.2 Å². The van der Waals surface area contributed by atoms with E-state index >= 15 is 0 Å². The van der Waals surface area contributed by atoms with Crippen LogP contribution in [0.1, 0.15) is 46.6 Å². The second kappa shape index (κ2) is 8.11. The van der Waals surface area contributed by atoms with E-state index in [1.165, 1.54) is 5.56 Å². The van der Waals surface area contributed by atoms with Crippen molar-refractivity contribution in [3.63, 3.8) is 0 Å². The summed E-state index contributed by atoms with van der Waals surface area (Å²) in [4.78, 5) is 23.2. The van der Waals surface area contributed by atoms with Crippen molar-refractivity contribution in [1.29, 1.82) is 0 Å². The van der Waals surface area contributed by atoms with Crippen LogP contribution in [0.25, 0.3) is 0 Å². The van der Waals surface area contributed by atoms with Gasteiger partial charge in [0.25, 0.3) is 0 Å². The number of amides is 1.